The molecule has 1 saturated heterocycles. The van der Waals surface area contributed by atoms with Gasteiger partial charge in [0, 0.05) is 53.0 Å². The Morgan fingerprint density at radius 3 is 2.57 bits per heavy atom. The zero-order valence-corrected chi connectivity index (χ0v) is 13.6. The highest BCUT2D eigenvalue weighted by Gasteiger charge is 2.18. The third kappa shape index (κ3) is 5.61. The molecule has 1 aliphatic heterocycles. The smallest absolute Gasteiger partial charge is 0.169 e. The highest BCUT2D eigenvalue weighted by Crippen LogP contribution is 2.08. The molecule has 1 N–H and O–H groups in total. The minimum atomic E-state index is 0.778. The first-order valence-electron chi connectivity index (χ1n) is 7.57. The Balaban J connectivity index is 1.67. The lowest BCUT2D eigenvalue weighted by atomic mass is 10.2. The number of hydrogen-bond donors (Lipinski definition) is 1. The van der Waals surface area contributed by atoms with Crippen LogP contribution in [0.1, 0.15) is 12.0 Å². The van der Waals surface area contributed by atoms with Crippen LogP contribution in [-0.2, 0) is 11.3 Å². The van der Waals surface area contributed by atoms with Crippen molar-refractivity contribution in [2.24, 2.45) is 0 Å². The molecule has 0 atom stereocenters. The van der Waals surface area contributed by atoms with Gasteiger partial charge in [-0.2, -0.15) is 0 Å². The molecule has 4 nitrogen and oxygen atoms in total. The van der Waals surface area contributed by atoms with E-state index in [1.54, 1.807) is 7.11 Å². The third-order valence-electron chi connectivity index (χ3n) is 3.71. The van der Waals surface area contributed by atoms with Gasteiger partial charge in [0.15, 0.2) is 5.11 Å². The van der Waals surface area contributed by atoms with Crippen LogP contribution in [0.25, 0.3) is 0 Å². The summed E-state index contributed by atoms with van der Waals surface area (Å²) in [4.78, 5) is 4.75. The van der Waals surface area contributed by atoms with Crippen molar-refractivity contribution in [3.63, 3.8) is 0 Å². The Morgan fingerprint density at radius 2 is 1.90 bits per heavy atom. The first kappa shape index (κ1) is 16.2. The second-order valence-corrected chi connectivity index (χ2v) is 5.71. The number of rotatable bonds is 6. The van der Waals surface area contributed by atoms with Crippen LogP contribution in [-0.4, -0.2) is 61.4 Å². The summed E-state index contributed by atoms with van der Waals surface area (Å²) in [5.41, 5.74) is 1.38. The van der Waals surface area contributed by atoms with Crippen molar-refractivity contribution < 1.29 is 4.74 Å². The third-order valence-corrected chi connectivity index (χ3v) is 4.11. The fraction of sp³-hybridized carbons (Fsp3) is 0.562. The van der Waals surface area contributed by atoms with Crippen molar-refractivity contribution in [2.75, 3.05) is 46.4 Å². The summed E-state index contributed by atoms with van der Waals surface area (Å²) < 4.78 is 5.04. The molecule has 2 rings (SSSR count). The Kier molecular flexibility index (Phi) is 6.92. The number of piperazine rings is 1. The minimum Gasteiger partial charge on any atom is -0.385 e. The maximum absolute atomic E-state index is 5.45. The topological polar surface area (TPSA) is 27.7 Å². The van der Waals surface area contributed by atoms with Crippen LogP contribution in [0.2, 0.25) is 0 Å². The second-order valence-electron chi connectivity index (χ2n) is 5.33. The molecule has 0 aromatic heterocycles. The first-order chi connectivity index (χ1) is 10.3. The molecular weight excluding hydrogens is 282 g/mol. The maximum atomic E-state index is 5.45. The standard InChI is InChI=1S/C16H25N3OS/c1-20-13-5-8-17-16(21)19-11-9-18(10-12-19)14-15-6-3-2-4-7-15/h2-4,6-7H,5,8-14H2,1H3,(H,17,21). The Bertz CT molecular complexity index is 419. The minimum absolute atomic E-state index is 0.778. The molecule has 1 heterocycles. The van der Waals surface area contributed by atoms with Crippen LogP contribution in [0, 0.1) is 0 Å². The van der Waals surface area contributed by atoms with Crippen molar-refractivity contribution in [1.82, 2.24) is 15.1 Å². The van der Waals surface area contributed by atoms with Crippen LogP contribution in [0.15, 0.2) is 30.3 Å². The van der Waals surface area contributed by atoms with E-state index in [0.717, 1.165) is 57.4 Å². The number of nitrogens with zero attached hydrogens (tertiary/aromatic N) is 2. The van der Waals surface area contributed by atoms with Gasteiger partial charge >= 0.3 is 0 Å². The molecule has 0 unspecified atom stereocenters. The Morgan fingerprint density at radius 1 is 1.19 bits per heavy atom. The van der Waals surface area contributed by atoms with Gasteiger partial charge in [0.1, 0.15) is 0 Å². The molecule has 116 valence electrons. The highest BCUT2D eigenvalue weighted by molar-refractivity contribution is 7.80. The van der Waals surface area contributed by atoms with E-state index in [9.17, 15) is 0 Å². The molecule has 0 aliphatic carbocycles. The van der Waals surface area contributed by atoms with E-state index in [0.29, 0.717) is 0 Å². The van der Waals surface area contributed by atoms with E-state index >= 15 is 0 Å². The van der Waals surface area contributed by atoms with Gasteiger partial charge in [-0.05, 0) is 24.2 Å². The number of thiocarbonyl (C=S) groups is 1. The van der Waals surface area contributed by atoms with Gasteiger partial charge in [-0.25, -0.2) is 0 Å². The lowest BCUT2D eigenvalue weighted by molar-refractivity contribution is 0.173. The molecule has 1 aromatic rings. The molecule has 21 heavy (non-hydrogen) atoms. The average Bonchev–Trinajstić information content (AvgIpc) is 2.53. The average molecular weight is 307 g/mol. The predicted molar refractivity (Wildman–Crippen MR) is 90.4 cm³/mol. The van der Waals surface area contributed by atoms with E-state index in [4.69, 9.17) is 17.0 Å². The van der Waals surface area contributed by atoms with Crippen LogP contribution in [0.4, 0.5) is 0 Å². The molecule has 1 fully saturated rings. The second kappa shape index (κ2) is 8.97. The van der Waals surface area contributed by atoms with E-state index < -0.39 is 0 Å². The van der Waals surface area contributed by atoms with Crippen molar-refractivity contribution >= 4 is 17.3 Å². The van der Waals surface area contributed by atoms with E-state index in [1.165, 1.54) is 5.56 Å². The normalized spacial score (nSPS) is 16.0. The van der Waals surface area contributed by atoms with Crippen molar-refractivity contribution in [3.05, 3.63) is 35.9 Å². The molecule has 0 amide bonds. The van der Waals surface area contributed by atoms with Crippen LogP contribution < -0.4 is 5.32 Å². The number of benzene rings is 1. The summed E-state index contributed by atoms with van der Waals surface area (Å²) >= 11 is 5.45. The van der Waals surface area contributed by atoms with Crippen molar-refractivity contribution in [3.8, 4) is 0 Å². The maximum Gasteiger partial charge on any atom is 0.169 e. The Labute approximate surface area is 133 Å². The van der Waals surface area contributed by atoms with Crippen LogP contribution in [0.5, 0.6) is 0 Å². The van der Waals surface area contributed by atoms with Gasteiger partial charge in [0.2, 0.25) is 0 Å². The molecule has 0 radical (unpaired) electrons. The predicted octanol–water partition coefficient (Wildman–Crippen LogP) is 1.72. The molecular formula is C16H25N3OS. The number of ether oxygens (including phenoxy) is 1. The summed E-state index contributed by atoms with van der Waals surface area (Å²) in [7, 11) is 1.73. The van der Waals surface area contributed by atoms with Gasteiger partial charge in [0.25, 0.3) is 0 Å². The van der Waals surface area contributed by atoms with Crippen LogP contribution >= 0.6 is 12.2 Å². The zero-order chi connectivity index (χ0) is 14.9. The van der Waals surface area contributed by atoms with E-state index in [1.807, 2.05) is 0 Å². The van der Waals surface area contributed by atoms with Gasteiger partial charge in [-0.1, -0.05) is 30.3 Å². The van der Waals surface area contributed by atoms with Gasteiger partial charge in [0.05, 0.1) is 0 Å². The largest absolute Gasteiger partial charge is 0.385 e. The highest BCUT2D eigenvalue weighted by atomic mass is 32.1. The number of hydrogen-bond acceptors (Lipinski definition) is 3. The molecule has 0 spiro atoms. The SMILES string of the molecule is COCCCNC(=S)N1CCN(Cc2ccccc2)CC1. The van der Waals surface area contributed by atoms with Crippen molar-refractivity contribution in [1.29, 1.82) is 0 Å². The lowest BCUT2D eigenvalue weighted by Gasteiger charge is -2.36. The molecule has 5 heteroatoms. The molecule has 0 saturated carbocycles. The summed E-state index contributed by atoms with van der Waals surface area (Å²) in [5, 5.41) is 4.19. The zero-order valence-electron chi connectivity index (χ0n) is 12.8. The summed E-state index contributed by atoms with van der Waals surface area (Å²) in [6.07, 6.45) is 0.991. The monoisotopic (exact) mass is 307 g/mol. The summed E-state index contributed by atoms with van der Waals surface area (Å²) in [6, 6.07) is 10.6. The van der Waals surface area contributed by atoms with Gasteiger partial charge < -0.3 is 15.0 Å². The fourth-order valence-corrected chi connectivity index (χ4v) is 2.76. The first-order valence-corrected chi connectivity index (χ1v) is 7.98. The summed E-state index contributed by atoms with van der Waals surface area (Å²) in [5.74, 6) is 0. The van der Waals surface area contributed by atoms with E-state index in [2.05, 4.69) is 45.4 Å². The number of nitrogens with one attached hydrogen (secondary N) is 1. The molecule has 0 bridgehead atoms. The summed E-state index contributed by atoms with van der Waals surface area (Å²) in [6.45, 7) is 6.83. The molecule has 1 aromatic carbocycles. The fourth-order valence-electron chi connectivity index (χ4n) is 2.47. The van der Waals surface area contributed by atoms with Crippen molar-refractivity contribution in [2.45, 2.75) is 13.0 Å². The van der Waals surface area contributed by atoms with E-state index in [-0.39, 0.29) is 0 Å². The Hall–Kier alpha value is -1.17. The van der Waals surface area contributed by atoms with Gasteiger partial charge in [-0.15, -0.1) is 0 Å². The lowest BCUT2D eigenvalue weighted by Crippen LogP contribution is -2.51. The molecule has 1 aliphatic rings. The van der Waals surface area contributed by atoms with Gasteiger partial charge in [-0.3, -0.25) is 4.90 Å². The quantitative estimate of drug-likeness (QED) is 0.638. The number of methoxy groups -OCH3 is 1. The van der Waals surface area contributed by atoms with Crippen LogP contribution in [0.3, 0.4) is 0 Å².